The predicted molar refractivity (Wildman–Crippen MR) is 70.9 cm³/mol. The number of aryl methyl sites for hydroxylation is 1. The summed E-state index contributed by atoms with van der Waals surface area (Å²) in [7, 11) is 0. The van der Waals surface area contributed by atoms with Gasteiger partial charge in [0.1, 0.15) is 10.9 Å². The van der Waals surface area contributed by atoms with Crippen LogP contribution in [0.25, 0.3) is 9.75 Å². The van der Waals surface area contributed by atoms with Crippen LogP contribution in [0.1, 0.15) is 22.9 Å². The molecule has 2 heterocycles. The maximum atomic E-state index is 8.96. The van der Waals surface area contributed by atoms with Crippen molar-refractivity contribution in [2.75, 3.05) is 5.73 Å². The van der Waals surface area contributed by atoms with Gasteiger partial charge >= 0.3 is 0 Å². The first-order valence-corrected chi connectivity index (χ1v) is 6.74. The number of nitrogens with zero attached hydrogens (tertiary/aromatic N) is 1. The van der Waals surface area contributed by atoms with Crippen LogP contribution in [0.15, 0.2) is 11.4 Å². The molecule has 16 heavy (non-hydrogen) atoms. The lowest BCUT2D eigenvalue weighted by Gasteiger charge is -1.99. The molecule has 2 aromatic rings. The SMILES string of the molecule is CCc1ccsc1-c1sc(C#N)c(N)c1C. The molecule has 0 saturated heterocycles. The first-order valence-electron chi connectivity index (χ1n) is 5.04. The Hall–Kier alpha value is -1.31. The van der Waals surface area contributed by atoms with Crippen molar-refractivity contribution in [3.63, 3.8) is 0 Å². The van der Waals surface area contributed by atoms with Crippen LogP contribution in [0.3, 0.4) is 0 Å². The van der Waals surface area contributed by atoms with E-state index < -0.39 is 0 Å². The topological polar surface area (TPSA) is 49.8 Å². The van der Waals surface area contributed by atoms with Crippen molar-refractivity contribution in [1.29, 1.82) is 5.26 Å². The highest BCUT2D eigenvalue weighted by Gasteiger charge is 2.16. The standard InChI is InChI=1S/C12H12N2S2/c1-3-8-4-5-15-12(8)11-7(2)10(14)9(6-13)16-11/h4-5H,3,14H2,1-2H3. The first kappa shape index (κ1) is 11.2. The van der Waals surface area contributed by atoms with Gasteiger partial charge in [-0.15, -0.1) is 22.7 Å². The van der Waals surface area contributed by atoms with E-state index in [0.717, 1.165) is 16.9 Å². The maximum absolute atomic E-state index is 8.96. The smallest absolute Gasteiger partial charge is 0.128 e. The summed E-state index contributed by atoms with van der Waals surface area (Å²) < 4.78 is 0. The van der Waals surface area contributed by atoms with Gasteiger partial charge in [0.15, 0.2) is 0 Å². The lowest BCUT2D eigenvalue weighted by Crippen LogP contribution is -1.87. The molecule has 0 aromatic carbocycles. The molecule has 82 valence electrons. The Bertz CT molecular complexity index is 558. The van der Waals surface area contributed by atoms with Gasteiger partial charge in [0.25, 0.3) is 0 Å². The number of nitrogen functional groups attached to an aromatic ring is 1. The van der Waals surface area contributed by atoms with Gasteiger partial charge in [-0.1, -0.05) is 6.92 Å². The summed E-state index contributed by atoms with van der Waals surface area (Å²) in [4.78, 5) is 3.04. The number of hydrogen-bond acceptors (Lipinski definition) is 4. The van der Waals surface area contributed by atoms with E-state index in [1.807, 2.05) is 6.92 Å². The van der Waals surface area contributed by atoms with Crippen LogP contribution < -0.4 is 5.73 Å². The molecule has 0 unspecified atom stereocenters. The molecule has 0 fully saturated rings. The van der Waals surface area contributed by atoms with Crippen LogP contribution >= 0.6 is 22.7 Å². The first-order chi connectivity index (χ1) is 7.69. The summed E-state index contributed by atoms with van der Waals surface area (Å²) in [6.07, 6.45) is 1.01. The van der Waals surface area contributed by atoms with Gasteiger partial charge in [-0.25, -0.2) is 0 Å². The zero-order valence-electron chi connectivity index (χ0n) is 9.20. The Balaban J connectivity index is 2.62. The third-order valence-electron chi connectivity index (χ3n) is 2.63. The Morgan fingerprint density at radius 1 is 1.44 bits per heavy atom. The van der Waals surface area contributed by atoms with Gasteiger partial charge in [-0.05, 0) is 35.9 Å². The fraction of sp³-hybridized carbons (Fsp3) is 0.250. The van der Waals surface area contributed by atoms with Crippen molar-refractivity contribution in [3.8, 4) is 15.8 Å². The molecule has 2 nitrogen and oxygen atoms in total. The highest BCUT2D eigenvalue weighted by atomic mass is 32.1. The van der Waals surface area contributed by atoms with Crippen molar-refractivity contribution in [1.82, 2.24) is 0 Å². The van der Waals surface area contributed by atoms with Crippen molar-refractivity contribution >= 4 is 28.4 Å². The summed E-state index contributed by atoms with van der Waals surface area (Å²) in [5.74, 6) is 0. The van der Waals surface area contributed by atoms with E-state index in [1.165, 1.54) is 21.8 Å². The molecule has 0 aliphatic heterocycles. The Morgan fingerprint density at radius 3 is 2.75 bits per heavy atom. The normalized spacial score (nSPS) is 10.3. The van der Waals surface area contributed by atoms with Gasteiger partial charge < -0.3 is 5.73 Å². The van der Waals surface area contributed by atoms with Crippen LogP contribution in [0.5, 0.6) is 0 Å². The van der Waals surface area contributed by atoms with E-state index in [0.29, 0.717) is 10.6 Å². The van der Waals surface area contributed by atoms with Crippen LogP contribution in [0.2, 0.25) is 0 Å². The molecular weight excluding hydrogens is 236 g/mol. The largest absolute Gasteiger partial charge is 0.397 e. The second-order valence-corrected chi connectivity index (χ2v) is 5.48. The molecule has 0 aliphatic carbocycles. The number of hydrogen-bond donors (Lipinski definition) is 1. The molecule has 2 N–H and O–H groups in total. The molecule has 0 aliphatic rings. The monoisotopic (exact) mass is 248 g/mol. The molecule has 0 saturated carbocycles. The Morgan fingerprint density at radius 2 is 2.19 bits per heavy atom. The summed E-state index contributed by atoms with van der Waals surface area (Å²) in [5, 5.41) is 11.1. The Labute approximate surface area is 103 Å². The summed E-state index contributed by atoms with van der Waals surface area (Å²) >= 11 is 3.22. The van der Waals surface area contributed by atoms with Gasteiger partial charge in [0.2, 0.25) is 0 Å². The summed E-state index contributed by atoms with van der Waals surface area (Å²) in [5.41, 5.74) is 8.91. The number of rotatable bonds is 2. The van der Waals surface area contributed by atoms with Gasteiger partial charge in [0, 0.05) is 4.88 Å². The minimum Gasteiger partial charge on any atom is -0.397 e. The molecule has 4 heteroatoms. The fourth-order valence-electron chi connectivity index (χ4n) is 1.64. The average molecular weight is 248 g/mol. The number of nitrogens with two attached hydrogens (primary N) is 1. The molecule has 0 spiro atoms. The van der Waals surface area contributed by atoms with Gasteiger partial charge in [0.05, 0.1) is 10.6 Å². The van der Waals surface area contributed by atoms with Crippen molar-refractivity contribution in [2.45, 2.75) is 20.3 Å². The average Bonchev–Trinajstić information content (AvgIpc) is 2.86. The Kier molecular flexibility index (Phi) is 2.99. The van der Waals surface area contributed by atoms with E-state index in [2.05, 4.69) is 24.4 Å². The molecule has 2 rings (SSSR count). The molecular formula is C12H12N2S2. The number of thiophene rings is 2. The van der Waals surface area contributed by atoms with Crippen LogP contribution in [-0.2, 0) is 6.42 Å². The van der Waals surface area contributed by atoms with Crippen molar-refractivity contribution in [3.05, 3.63) is 27.5 Å². The molecule has 0 atom stereocenters. The third kappa shape index (κ3) is 1.62. The van der Waals surface area contributed by atoms with E-state index in [9.17, 15) is 0 Å². The summed E-state index contributed by atoms with van der Waals surface area (Å²) in [6, 6.07) is 4.29. The van der Waals surface area contributed by atoms with Crippen LogP contribution in [0, 0.1) is 18.3 Å². The number of nitriles is 1. The lowest BCUT2D eigenvalue weighted by atomic mass is 10.1. The van der Waals surface area contributed by atoms with Crippen molar-refractivity contribution in [2.24, 2.45) is 0 Å². The molecule has 2 aromatic heterocycles. The molecule has 0 radical (unpaired) electrons. The van der Waals surface area contributed by atoms with Gasteiger partial charge in [-0.3, -0.25) is 0 Å². The van der Waals surface area contributed by atoms with E-state index in [4.69, 9.17) is 11.0 Å². The lowest BCUT2D eigenvalue weighted by molar-refractivity contribution is 1.16. The number of anilines is 1. The van der Waals surface area contributed by atoms with Crippen molar-refractivity contribution < 1.29 is 0 Å². The van der Waals surface area contributed by atoms with E-state index in [-0.39, 0.29) is 0 Å². The second-order valence-electron chi connectivity index (χ2n) is 3.54. The van der Waals surface area contributed by atoms with E-state index in [1.54, 1.807) is 11.3 Å². The van der Waals surface area contributed by atoms with Crippen LogP contribution in [-0.4, -0.2) is 0 Å². The minimum atomic E-state index is 0.628. The third-order valence-corrected chi connectivity index (χ3v) is 4.96. The maximum Gasteiger partial charge on any atom is 0.128 e. The highest BCUT2D eigenvalue weighted by molar-refractivity contribution is 7.22. The molecule has 0 bridgehead atoms. The van der Waals surface area contributed by atoms with Crippen LogP contribution in [0.4, 0.5) is 5.69 Å². The van der Waals surface area contributed by atoms with E-state index >= 15 is 0 Å². The molecule has 0 amide bonds. The second kappa shape index (κ2) is 4.28. The fourth-order valence-corrected chi connectivity index (χ4v) is 3.90. The zero-order chi connectivity index (χ0) is 11.7. The summed E-state index contributed by atoms with van der Waals surface area (Å²) in [6.45, 7) is 4.13. The zero-order valence-corrected chi connectivity index (χ0v) is 10.8. The minimum absolute atomic E-state index is 0.628. The predicted octanol–water partition coefficient (Wildman–Crippen LogP) is 3.80. The highest BCUT2D eigenvalue weighted by Crippen LogP contribution is 2.41. The van der Waals surface area contributed by atoms with Gasteiger partial charge in [-0.2, -0.15) is 5.26 Å². The quantitative estimate of drug-likeness (QED) is 0.878.